The largest absolute Gasteiger partial charge is 0.432 e. The van der Waals surface area contributed by atoms with E-state index in [0.29, 0.717) is 38.5 Å². The molecule has 18 atom stereocenters. The van der Waals surface area contributed by atoms with Crippen LogP contribution in [0.25, 0.3) is 0 Å². The molecule has 2 aliphatic heterocycles. The van der Waals surface area contributed by atoms with Crippen molar-refractivity contribution >= 4 is 11.8 Å². The Morgan fingerprint density at radius 3 is 1.91 bits per heavy atom. The number of aliphatic hydroxyl groups is 8. The second kappa shape index (κ2) is 14.3. The molecule has 56 heavy (non-hydrogen) atoms. The van der Waals surface area contributed by atoms with Crippen LogP contribution < -0.4 is 0 Å². The van der Waals surface area contributed by atoms with Crippen molar-refractivity contribution in [1.29, 1.82) is 0 Å². The van der Waals surface area contributed by atoms with E-state index in [9.17, 15) is 45.6 Å². The number of hydrogen-bond donors (Lipinski definition) is 8. The third-order valence-electron chi connectivity index (χ3n) is 16.9. The van der Waals surface area contributed by atoms with E-state index < -0.39 is 114 Å². The number of ether oxygens (including phenoxy) is 4. The maximum Gasteiger partial charge on any atom is 0.315 e. The van der Waals surface area contributed by atoms with Crippen LogP contribution in [0.15, 0.2) is 11.6 Å². The van der Waals surface area contributed by atoms with Gasteiger partial charge in [0.05, 0.1) is 24.7 Å². The molecule has 0 radical (unpaired) electrons. The first-order chi connectivity index (χ1) is 26.0. The third kappa shape index (κ3) is 6.13. The Labute approximate surface area is 329 Å². The first-order valence-electron chi connectivity index (χ1n) is 20.8. The number of carbonyl (C=O) groups excluding carboxylic acids is 2. The first-order valence-corrected chi connectivity index (χ1v) is 20.8. The molecular formula is C42H66O14. The predicted octanol–water partition coefficient (Wildman–Crippen LogP) is 1.50. The summed E-state index contributed by atoms with van der Waals surface area (Å²) in [5, 5.41) is 82.6. The fourth-order valence-electron chi connectivity index (χ4n) is 13.4. The summed E-state index contributed by atoms with van der Waals surface area (Å²) in [5.41, 5.74) is -1.95. The van der Waals surface area contributed by atoms with Gasteiger partial charge in [0.2, 0.25) is 6.29 Å². The molecule has 0 unspecified atom stereocenters. The van der Waals surface area contributed by atoms with Crippen LogP contribution in [0.5, 0.6) is 0 Å². The molecule has 7 rings (SSSR count). The Morgan fingerprint density at radius 1 is 0.732 bits per heavy atom. The van der Waals surface area contributed by atoms with E-state index in [0.717, 1.165) is 24.8 Å². The molecule has 6 fully saturated rings. The SMILES string of the molecule is CC1(C)CC[C@]2(C(=O)O[C@@H]3O[C@H](CO)[C@@H](O)[C@H](O)[C@H]3O)CC[C@]3(C)C(=CC(=O)[C@@H]4[C@@]5(C)CC[C@H](O[C@@H]6O[C@H](CO)[C@@H](O)[C@H](O)[C@H]6O)C(C)(C)[C@@H]5CC[C@]43C)[C@@H]2C1. The Hall–Kier alpha value is -1.56. The number of carbonyl (C=O) groups is 2. The molecule has 0 aromatic heterocycles. The molecule has 14 nitrogen and oxygen atoms in total. The minimum absolute atomic E-state index is 0.0454. The van der Waals surface area contributed by atoms with Crippen LogP contribution in [0.2, 0.25) is 0 Å². The number of fused-ring (bicyclic) bond motifs is 7. The summed E-state index contributed by atoms with van der Waals surface area (Å²) < 4.78 is 23.7. The van der Waals surface area contributed by atoms with Gasteiger partial charge in [-0.1, -0.05) is 54.0 Å². The van der Waals surface area contributed by atoms with Crippen LogP contribution in [-0.2, 0) is 28.5 Å². The molecule has 2 heterocycles. The van der Waals surface area contributed by atoms with E-state index >= 15 is 4.79 Å². The van der Waals surface area contributed by atoms with Crippen molar-refractivity contribution in [3.63, 3.8) is 0 Å². The number of allylic oxidation sites excluding steroid dienone is 2. The van der Waals surface area contributed by atoms with Crippen LogP contribution >= 0.6 is 0 Å². The van der Waals surface area contributed by atoms with Gasteiger partial charge in [0.1, 0.15) is 48.8 Å². The molecule has 318 valence electrons. The zero-order chi connectivity index (χ0) is 41.1. The maximum absolute atomic E-state index is 15.0. The van der Waals surface area contributed by atoms with E-state index in [4.69, 9.17) is 18.9 Å². The van der Waals surface area contributed by atoms with Crippen molar-refractivity contribution in [3.05, 3.63) is 11.6 Å². The summed E-state index contributed by atoms with van der Waals surface area (Å²) in [7, 11) is 0. The monoisotopic (exact) mass is 794 g/mol. The maximum atomic E-state index is 15.0. The van der Waals surface area contributed by atoms with E-state index in [-0.39, 0.29) is 29.0 Å². The number of hydrogen-bond acceptors (Lipinski definition) is 14. The molecule has 14 heteroatoms. The molecule has 5 aliphatic carbocycles. The Bertz CT molecular complexity index is 1560. The van der Waals surface area contributed by atoms with Gasteiger partial charge in [-0.15, -0.1) is 0 Å². The molecule has 0 bridgehead atoms. The average molecular weight is 795 g/mol. The van der Waals surface area contributed by atoms with Gasteiger partial charge < -0.3 is 59.8 Å². The minimum atomic E-state index is -1.71. The Kier molecular flexibility index (Phi) is 10.9. The van der Waals surface area contributed by atoms with E-state index in [1.54, 1.807) is 0 Å². The van der Waals surface area contributed by atoms with Crippen molar-refractivity contribution in [3.8, 4) is 0 Å². The quantitative estimate of drug-likeness (QED) is 0.141. The third-order valence-corrected chi connectivity index (χ3v) is 16.9. The normalized spacial score (nSPS) is 52.4. The minimum Gasteiger partial charge on any atom is -0.432 e. The van der Waals surface area contributed by atoms with Gasteiger partial charge in [0.25, 0.3) is 0 Å². The Balaban J connectivity index is 1.18. The molecular weight excluding hydrogens is 728 g/mol. The topological polar surface area (TPSA) is 233 Å². The molecule has 8 N–H and O–H groups in total. The highest BCUT2D eigenvalue weighted by molar-refractivity contribution is 5.96. The van der Waals surface area contributed by atoms with Crippen molar-refractivity contribution in [1.82, 2.24) is 0 Å². The van der Waals surface area contributed by atoms with Crippen molar-refractivity contribution in [2.45, 2.75) is 174 Å². The van der Waals surface area contributed by atoms with Gasteiger partial charge in [0, 0.05) is 5.92 Å². The summed E-state index contributed by atoms with van der Waals surface area (Å²) in [4.78, 5) is 29.6. The summed E-state index contributed by atoms with van der Waals surface area (Å²) in [5.74, 6) is -1.11. The highest BCUT2D eigenvalue weighted by Gasteiger charge is 2.72. The average Bonchev–Trinajstić information content (AvgIpc) is 3.13. The highest BCUT2D eigenvalue weighted by atomic mass is 16.7. The zero-order valence-electron chi connectivity index (χ0n) is 34.0. The first kappa shape index (κ1) is 42.6. The van der Waals surface area contributed by atoms with Crippen LogP contribution in [-0.4, -0.2) is 133 Å². The van der Waals surface area contributed by atoms with Gasteiger partial charge >= 0.3 is 5.97 Å². The lowest BCUT2D eigenvalue weighted by Gasteiger charge is -2.70. The molecule has 4 saturated carbocycles. The molecule has 0 aromatic carbocycles. The molecule has 0 spiro atoms. The van der Waals surface area contributed by atoms with Crippen molar-refractivity contribution in [2.24, 2.45) is 50.2 Å². The number of esters is 1. The smallest absolute Gasteiger partial charge is 0.315 e. The van der Waals surface area contributed by atoms with E-state index in [1.165, 1.54) is 0 Å². The highest BCUT2D eigenvalue weighted by Crippen LogP contribution is 2.75. The van der Waals surface area contributed by atoms with Crippen LogP contribution in [0.1, 0.15) is 106 Å². The van der Waals surface area contributed by atoms with Crippen LogP contribution in [0, 0.1) is 50.2 Å². The second-order valence-corrected chi connectivity index (χ2v) is 20.6. The second-order valence-electron chi connectivity index (χ2n) is 20.6. The lowest BCUT2D eigenvalue weighted by atomic mass is 9.33. The standard InChI is InChI=1S/C42H66O14/c1-37(2)12-14-42(36(52)56-35-32(51)30(49)28(47)24(19-44)54-35)15-13-40(6)20(21(42)17-37)16-22(45)33-39(5)10-9-26(38(3,4)25(39)8-11-41(33,40)7)55-34-31(50)29(48)27(46)23(18-43)53-34/h16,21,23-35,43-44,46-51H,8-15,17-19H2,1-7H3/t21-,23+,24+,25-,26-,27+,28+,29-,30-,31+,32+,33+,34-,35-,39-,40+,41+,42-/m0/s1. The van der Waals surface area contributed by atoms with Crippen LogP contribution in [0.3, 0.4) is 0 Å². The lowest BCUT2D eigenvalue weighted by molar-refractivity contribution is -0.329. The number of ketones is 1. The van der Waals surface area contributed by atoms with Gasteiger partial charge in [-0.2, -0.15) is 0 Å². The van der Waals surface area contributed by atoms with E-state index in [2.05, 4.69) is 48.5 Å². The summed E-state index contributed by atoms with van der Waals surface area (Å²) >= 11 is 0. The number of rotatable bonds is 6. The van der Waals surface area contributed by atoms with Gasteiger partial charge in [0.15, 0.2) is 12.1 Å². The fraction of sp³-hybridized carbons (Fsp3) is 0.905. The molecule has 0 amide bonds. The van der Waals surface area contributed by atoms with E-state index in [1.807, 2.05) is 6.08 Å². The predicted molar refractivity (Wildman–Crippen MR) is 198 cm³/mol. The van der Waals surface area contributed by atoms with Gasteiger partial charge in [-0.3, -0.25) is 9.59 Å². The molecule has 7 aliphatic rings. The van der Waals surface area contributed by atoms with Gasteiger partial charge in [-0.05, 0) is 103 Å². The molecule has 2 saturated heterocycles. The Morgan fingerprint density at radius 2 is 1.30 bits per heavy atom. The van der Waals surface area contributed by atoms with Crippen molar-refractivity contribution in [2.75, 3.05) is 13.2 Å². The van der Waals surface area contributed by atoms with Crippen LogP contribution in [0.4, 0.5) is 0 Å². The summed E-state index contributed by atoms with van der Waals surface area (Å²) in [6, 6.07) is 0. The molecule has 0 aromatic rings. The zero-order valence-corrected chi connectivity index (χ0v) is 34.0. The summed E-state index contributed by atoms with van der Waals surface area (Å²) in [6.45, 7) is 14.2. The summed E-state index contributed by atoms with van der Waals surface area (Å²) in [6.07, 6.45) is -7.37. The number of aliphatic hydroxyl groups excluding tert-OH is 8. The fourth-order valence-corrected chi connectivity index (χ4v) is 13.4. The lowest BCUT2D eigenvalue weighted by Crippen LogP contribution is -2.68. The van der Waals surface area contributed by atoms with Gasteiger partial charge in [-0.25, -0.2) is 0 Å². The van der Waals surface area contributed by atoms with Crippen molar-refractivity contribution < 1.29 is 69.4 Å².